The number of benzene rings is 1. The molecule has 0 aromatic heterocycles. The van der Waals surface area contributed by atoms with Crippen molar-refractivity contribution in [1.29, 1.82) is 0 Å². The molecular formula is C21H31LiN2Si. The molecule has 1 N–H and O–H groups in total. The van der Waals surface area contributed by atoms with E-state index >= 15 is 0 Å². The minimum atomic E-state index is -1.61. The summed E-state index contributed by atoms with van der Waals surface area (Å²) in [7, 11) is -1.61. The molecule has 4 rings (SSSR count). The van der Waals surface area contributed by atoms with Gasteiger partial charge in [0, 0.05) is 19.1 Å². The van der Waals surface area contributed by atoms with Crippen LogP contribution < -0.4 is 23.8 Å². The number of nitrogens with one attached hydrogen (secondary N) is 1. The van der Waals surface area contributed by atoms with E-state index in [1.54, 1.807) is 0 Å². The van der Waals surface area contributed by atoms with E-state index in [-0.39, 0.29) is 18.9 Å². The Kier molecular flexibility index (Phi) is 6.21. The molecule has 1 saturated heterocycles. The molecule has 1 heterocycles. The Hall–Kier alpha value is -0.466. The van der Waals surface area contributed by atoms with Crippen molar-refractivity contribution in [3.05, 3.63) is 41.5 Å². The maximum atomic E-state index is 4.13. The van der Waals surface area contributed by atoms with Gasteiger partial charge in [0.2, 0.25) is 0 Å². The number of allylic oxidation sites excluding steroid dienone is 1. The molecule has 0 amide bonds. The smallest absolute Gasteiger partial charge is 0.405 e. The van der Waals surface area contributed by atoms with Crippen LogP contribution in [0.3, 0.4) is 0 Å². The Balaban J connectivity index is 0.00000182. The Morgan fingerprint density at radius 3 is 2.40 bits per heavy atom. The van der Waals surface area contributed by atoms with Crippen molar-refractivity contribution in [2.24, 2.45) is 0 Å². The van der Waals surface area contributed by atoms with Crippen LogP contribution in [0.2, 0.25) is 13.1 Å². The van der Waals surface area contributed by atoms with E-state index in [0.29, 0.717) is 5.54 Å². The summed E-state index contributed by atoms with van der Waals surface area (Å²) in [5.41, 5.74) is 4.88. The van der Waals surface area contributed by atoms with Gasteiger partial charge in [0.15, 0.2) is 0 Å². The number of rotatable bonds is 4. The SMILES string of the molecule is C[Si](C)(NC1CCCCC1)C1[C-]=C(N2CCCC2)c2ccccc21.[Li+]. The first-order chi connectivity index (χ1) is 11.6. The minimum Gasteiger partial charge on any atom is -0.405 e. The summed E-state index contributed by atoms with van der Waals surface area (Å²) < 4.78 is 0. The molecule has 1 unspecified atom stereocenters. The van der Waals surface area contributed by atoms with Crippen LogP contribution in [-0.4, -0.2) is 32.3 Å². The average molecular weight is 347 g/mol. The molecule has 1 aliphatic heterocycles. The fourth-order valence-electron chi connectivity index (χ4n) is 4.88. The predicted molar refractivity (Wildman–Crippen MR) is 104 cm³/mol. The average Bonchev–Trinajstić information content (AvgIpc) is 3.23. The Bertz CT molecular complexity index is 616. The molecule has 1 aromatic carbocycles. The van der Waals surface area contributed by atoms with E-state index in [4.69, 9.17) is 0 Å². The molecule has 0 spiro atoms. The van der Waals surface area contributed by atoms with Crippen molar-refractivity contribution in [2.45, 2.75) is 69.6 Å². The molecule has 1 saturated carbocycles. The van der Waals surface area contributed by atoms with E-state index in [2.05, 4.69) is 53.3 Å². The van der Waals surface area contributed by atoms with Crippen LogP contribution >= 0.6 is 0 Å². The summed E-state index contributed by atoms with van der Waals surface area (Å²) in [5, 5.41) is 0. The van der Waals surface area contributed by atoms with Crippen molar-refractivity contribution in [3.8, 4) is 0 Å². The zero-order valence-corrected chi connectivity index (χ0v) is 17.3. The molecule has 2 fully saturated rings. The van der Waals surface area contributed by atoms with Crippen molar-refractivity contribution >= 4 is 13.9 Å². The minimum absolute atomic E-state index is 0. The molecule has 3 aliphatic rings. The second-order valence-corrected chi connectivity index (χ2v) is 12.7. The van der Waals surface area contributed by atoms with E-state index in [9.17, 15) is 0 Å². The number of hydrogen-bond acceptors (Lipinski definition) is 2. The first-order valence-corrected chi connectivity index (χ1v) is 13.0. The standard InChI is InChI=1S/C21H31N2Si.Li/c1-24(2,22-17-10-4-3-5-11-17)21-16-20(23-14-8-9-15-23)18-12-6-7-13-19(18)21;/h6-7,12-13,17,21-22H,3-5,8-11,14-15H2,1-2H3;/q-1;+1. The van der Waals surface area contributed by atoms with Gasteiger partial charge in [0.05, 0.1) is 0 Å². The molecule has 1 atom stereocenters. The fraction of sp³-hybridized carbons (Fsp3) is 0.619. The normalized spacial score (nSPS) is 24.0. The maximum Gasteiger partial charge on any atom is 1.00 e. The van der Waals surface area contributed by atoms with E-state index in [0.717, 1.165) is 6.04 Å². The van der Waals surface area contributed by atoms with Gasteiger partial charge in [0.1, 0.15) is 8.24 Å². The van der Waals surface area contributed by atoms with Crippen LogP contribution in [0.25, 0.3) is 5.70 Å². The molecule has 1 aromatic rings. The molecule has 130 valence electrons. The summed E-state index contributed by atoms with van der Waals surface area (Å²) in [6, 6.07) is 9.83. The fourth-order valence-corrected chi connectivity index (χ4v) is 7.92. The molecule has 4 heteroatoms. The number of likely N-dealkylation sites (tertiary alicyclic amines) is 1. The third-order valence-corrected chi connectivity index (χ3v) is 9.18. The van der Waals surface area contributed by atoms with Crippen LogP contribution in [0.4, 0.5) is 0 Å². The van der Waals surface area contributed by atoms with Crippen LogP contribution in [0, 0.1) is 6.08 Å². The first kappa shape index (κ1) is 19.3. The van der Waals surface area contributed by atoms with Gasteiger partial charge in [0.25, 0.3) is 0 Å². The van der Waals surface area contributed by atoms with Gasteiger partial charge in [-0.2, -0.15) is 5.56 Å². The van der Waals surface area contributed by atoms with Crippen LogP contribution in [0.5, 0.6) is 0 Å². The largest absolute Gasteiger partial charge is 1.00 e. The Morgan fingerprint density at radius 2 is 1.68 bits per heavy atom. The Labute approximate surface area is 166 Å². The van der Waals surface area contributed by atoms with E-state index in [1.165, 1.54) is 74.9 Å². The summed E-state index contributed by atoms with van der Waals surface area (Å²) >= 11 is 0. The van der Waals surface area contributed by atoms with E-state index < -0.39 is 8.24 Å². The van der Waals surface area contributed by atoms with Gasteiger partial charge in [-0.25, -0.2) is 6.08 Å². The van der Waals surface area contributed by atoms with Gasteiger partial charge < -0.3 is 9.88 Å². The topological polar surface area (TPSA) is 15.3 Å². The zero-order valence-electron chi connectivity index (χ0n) is 16.3. The number of nitrogens with zero attached hydrogens (tertiary/aromatic N) is 1. The van der Waals surface area contributed by atoms with Crippen molar-refractivity contribution in [1.82, 2.24) is 9.88 Å². The molecular weight excluding hydrogens is 315 g/mol. The maximum absolute atomic E-state index is 4.13. The molecule has 0 radical (unpaired) electrons. The third kappa shape index (κ3) is 3.95. The first-order valence-electron chi connectivity index (χ1n) is 9.90. The second kappa shape index (κ2) is 8.05. The summed E-state index contributed by atoms with van der Waals surface area (Å²) in [6.07, 6.45) is 13.6. The van der Waals surface area contributed by atoms with Gasteiger partial charge >= 0.3 is 18.9 Å². The third-order valence-electron chi connectivity index (χ3n) is 6.13. The summed E-state index contributed by atoms with van der Waals surface area (Å²) in [6.45, 7) is 7.45. The number of hydrogen-bond donors (Lipinski definition) is 1. The molecule has 25 heavy (non-hydrogen) atoms. The van der Waals surface area contributed by atoms with Crippen LogP contribution in [0.1, 0.15) is 61.6 Å². The zero-order chi connectivity index (χ0) is 16.6. The molecule has 2 nitrogen and oxygen atoms in total. The monoisotopic (exact) mass is 346 g/mol. The van der Waals surface area contributed by atoms with Gasteiger partial charge in [-0.05, 0) is 25.7 Å². The molecule has 2 aliphatic carbocycles. The van der Waals surface area contributed by atoms with Gasteiger partial charge in [-0.15, -0.1) is 17.3 Å². The van der Waals surface area contributed by atoms with Crippen molar-refractivity contribution in [3.63, 3.8) is 0 Å². The van der Waals surface area contributed by atoms with Gasteiger partial charge in [-0.3, -0.25) is 0 Å². The molecule has 0 bridgehead atoms. The Morgan fingerprint density at radius 1 is 1.00 bits per heavy atom. The van der Waals surface area contributed by atoms with Crippen LogP contribution in [0.15, 0.2) is 24.3 Å². The second-order valence-electron chi connectivity index (χ2n) is 8.41. The summed E-state index contributed by atoms with van der Waals surface area (Å²) in [4.78, 5) is 6.71. The van der Waals surface area contributed by atoms with Crippen molar-refractivity contribution < 1.29 is 18.9 Å². The van der Waals surface area contributed by atoms with Gasteiger partial charge in [-0.1, -0.05) is 56.1 Å². The number of fused-ring (bicyclic) bond motifs is 1. The summed E-state index contributed by atoms with van der Waals surface area (Å²) in [5.74, 6) is 0. The van der Waals surface area contributed by atoms with Crippen LogP contribution in [-0.2, 0) is 0 Å². The van der Waals surface area contributed by atoms with E-state index in [1.807, 2.05) is 0 Å². The van der Waals surface area contributed by atoms with Crippen molar-refractivity contribution in [2.75, 3.05) is 13.1 Å². The quantitative estimate of drug-likeness (QED) is 0.659. The predicted octanol–water partition coefficient (Wildman–Crippen LogP) is 1.69.